The van der Waals surface area contributed by atoms with Gasteiger partial charge in [0.25, 0.3) is 0 Å². The number of urea groups is 1. The molecule has 1 aromatic heterocycles. The van der Waals surface area contributed by atoms with E-state index in [-0.39, 0.29) is 11.9 Å². The van der Waals surface area contributed by atoms with Gasteiger partial charge in [-0.15, -0.1) is 0 Å². The first kappa shape index (κ1) is 15.7. The van der Waals surface area contributed by atoms with Crippen LogP contribution in [0, 0.1) is 6.92 Å². The Morgan fingerprint density at radius 1 is 1.12 bits per heavy atom. The normalized spacial score (nSPS) is 15.5. The van der Waals surface area contributed by atoms with Crippen molar-refractivity contribution in [1.29, 1.82) is 0 Å². The number of rotatable bonds is 2. The Kier molecular flexibility index (Phi) is 4.14. The molecule has 2 amide bonds. The lowest BCUT2D eigenvalue weighted by molar-refractivity contribution is 0.190. The number of aromatic nitrogens is 1. The third kappa shape index (κ3) is 3.22. The summed E-state index contributed by atoms with van der Waals surface area (Å²) in [6.07, 6.45) is 1.74. The van der Waals surface area contributed by atoms with Crippen molar-refractivity contribution in [3.05, 3.63) is 60.0 Å². The maximum atomic E-state index is 12.5. The number of likely N-dealkylation sites (tertiary alicyclic amines) is 1. The van der Waals surface area contributed by atoms with Crippen molar-refractivity contribution in [2.24, 2.45) is 0 Å². The minimum absolute atomic E-state index is 0.0367. The predicted molar refractivity (Wildman–Crippen MR) is 97.8 cm³/mol. The van der Waals surface area contributed by atoms with E-state index in [0.717, 1.165) is 41.1 Å². The second-order valence-electron chi connectivity index (χ2n) is 6.53. The minimum Gasteiger partial charge on any atom is -0.440 e. The molecule has 25 heavy (non-hydrogen) atoms. The second-order valence-corrected chi connectivity index (χ2v) is 6.53. The van der Waals surface area contributed by atoms with Gasteiger partial charge in [0.15, 0.2) is 11.5 Å². The lowest BCUT2D eigenvalue weighted by Gasteiger charge is -2.30. The first-order chi connectivity index (χ1) is 12.2. The number of carbonyl (C=O) groups is 1. The number of para-hydroxylation sites is 3. The average Bonchev–Trinajstić information content (AvgIpc) is 3.08. The van der Waals surface area contributed by atoms with Crippen LogP contribution in [0.4, 0.5) is 10.5 Å². The number of hydrogen-bond donors (Lipinski definition) is 1. The van der Waals surface area contributed by atoms with Gasteiger partial charge in [-0.05, 0) is 43.5 Å². The number of amides is 2. The van der Waals surface area contributed by atoms with E-state index in [4.69, 9.17) is 4.42 Å². The van der Waals surface area contributed by atoms with E-state index >= 15 is 0 Å². The molecule has 1 fully saturated rings. The molecule has 3 aromatic rings. The Bertz CT molecular complexity index is 862. The number of nitrogens with zero attached hydrogens (tertiary/aromatic N) is 2. The number of nitrogens with one attached hydrogen (secondary N) is 1. The van der Waals surface area contributed by atoms with Gasteiger partial charge in [0.2, 0.25) is 0 Å². The fourth-order valence-electron chi connectivity index (χ4n) is 3.30. The summed E-state index contributed by atoms with van der Waals surface area (Å²) in [6.45, 7) is 3.41. The highest BCUT2D eigenvalue weighted by Gasteiger charge is 2.27. The van der Waals surface area contributed by atoms with Crippen molar-refractivity contribution >= 4 is 22.8 Å². The molecule has 0 bridgehead atoms. The molecule has 0 unspecified atom stereocenters. The Balaban J connectivity index is 1.39. The lowest BCUT2D eigenvalue weighted by atomic mass is 9.97. The Hall–Kier alpha value is -2.82. The van der Waals surface area contributed by atoms with Gasteiger partial charge in [-0.1, -0.05) is 30.3 Å². The summed E-state index contributed by atoms with van der Waals surface area (Å²) in [5.41, 5.74) is 3.67. The number of hydrogen-bond acceptors (Lipinski definition) is 3. The van der Waals surface area contributed by atoms with E-state index in [9.17, 15) is 4.79 Å². The van der Waals surface area contributed by atoms with Crippen LogP contribution in [0.15, 0.2) is 52.9 Å². The van der Waals surface area contributed by atoms with Gasteiger partial charge in [-0.3, -0.25) is 0 Å². The third-order valence-corrected chi connectivity index (χ3v) is 4.83. The zero-order valence-electron chi connectivity index (χ0n) is 14.2. The molecule has 0 aliphatic carbocycles. The molecule has 1 aliphatic rings. The van der Waals surface area contributed by atoms with Gasteiger partial charge in [0, 0.05) is 24.7 Å². The highest BCUT2D eigenvalue weighted by atomic mass is 16.3. The zero-order valence-corrected chi connectivity index (χ0v) is 14.2. The maximum Gasteiger partial charge on any atom is 0.321 e. The molecule has 2 heterocycles. The molecule has 1 aliphatic heterocycles. The van der Waals surface area contributed by atoms with Crippen LogP contribution in [0.25, 0.3) is 11.1 Å². The van der Waals surface area contributed by atoms with Crippen LogP contribution in [-0.4, -0.2) is 29.0 Å². The molecule has 0 saturated carbocycles. The molecular weight excluding hydrogens is 314 g/mol. The molecule has 0 radical (unpaired) electrons. The molecule has 0 atom stereocenters. The Labute approximate surface area is 146 Å². The van der Waals surface area contributed by atoms with Crippen molar-refractivity contribution in [2.45, 2.75) is 25.7 Å². The lowest BCUT2D eigenvalue weighted by Crippen LogP contribution is -2.40. The predicted octanol–water partition coefficient (Wildman–Crippen LogP) is 4.55. The molecule has 2 aromatic carbocycles. The number of oxazole rings is 1. The van der Waals surface area contributed by atoms with E-state index in [1.54, 1.807) is 0 Å². The fraction of sp³-hybridized carbons (Fsp3) is 0.300. The molecule has 1 saturated heterocycles. The van der Waals surface area contributed by atoms with Gasteiger partial charge in [0.1, 0.15) is 5.52 Å². The molecule has 4 rings (SSSR count). The minimum atomic E-state index is -0.0367. The standard InChI is InChI=1S/C20H21N3O2/c1-14-6-2-3-7-16(14)22-20(24)23-12-10-15(11-13-23)19-21-17-8-4-5-9-18(17)25-19/h2-9,15H,10-13H2,1H3,(H,22,24). The van der Waals surface area contributed by atoms with Crippen LogP contribution < -0.4 is 5.32 Å². The largest absolute Gasteiger partial charge is 0.440 e. The van der Waals surface area contributed by atoms with E-state index in [1.165, 1.54) is 0 Å². The highest BCUT2D eigenvalue weighted by Crippen LogP contribution is 2.30. The first-order valence-electron chi connectivity index (χ1n) is 8.68. The van der Waals surface area contributed by atoms with Gasteiger partial charge >= 0.3 is 6.03 Å². The average molecular weight is 335 g/mol. The smallest absolute Gasteiger partial charge is 0.321 e. The Morgan fingerprint density at radius 3 is 2.60 bits per heavy atom. The molecular formula is C20H21N3O2. The van der Waals surface area contributed by atoms with Crippen LogP contribution >= 0.6 is 0 Å². The van der Waals surface area contributed by atoms with Gasteiger partial charge in [0.05, 0.1) is 0 Å². The number of anilines is 1. The summed E-state index contributed by atoms with van der Waals surface area (Å²) >= 11 is 0. The monoisotopic (exact) mass is 335 g/mol. The van der Waals surface area contributed by atoms with Crippen molar-refractivity contribution in [1.82, 2.24) is 9.88 Å². The summed E-state index contributed by atoms with van der Waals surface area (Å²) in [5.74, 6) is 1.06. The zero-order chi connectivity index (χ0) is 17.2. The van der Waals surface area contributed by atoms with Crippen LogP contribution in [0.1, 0.15) is 30.2 Å². The number of benzene rings is 2. The van der Waals surface area contributed by atoms with Crippen molar-refractivity contribution < 1.29 is 9.21 Å². The van der Waals surface area contributed by atoms with Crippen molar-refractivity contribution in [3.63, 3.8) is 0 Å². The van der Waals surface area contributed by atoms with E-state index in [0.29, 0.717) is 13.1 Å². The maximum absolute atomic E-state index is 12.5. The molecule has 5 nitrogen and oxygen atoms in total. The molecule has 1 N–H and O–H groups in total. The van der Waals surface area contributed by atoms with E-state index in [1.807, 2.05) is 60.4 Å². The van der Waals surface area contributed by atoms with Crippen molar-refractivity contribution in [3.8, 4) is 0 Å². The van der Waals surface area contributed by atoms with Gasteiger partial charge in [-0.25, -0.2) is 9.78 Å². The summed E-state index contributed by atoms with van der Waals surface area (Å²) < 4.78 is 5.88. The summed E-state index contributed by atoms with van der Waals surface area (Å²) in [4.78, 5) is 18.9. The topological polar surface area (TPSA) is 58.4 Å². The fourth-order valence-corrected chi connectivity index (χ4v) is 3.30. The summed E-state index contributed by atoms with van der Waals surface area (Å²) in [6, 6.07) is 15.6. The number of piperidine rings is 1. The summed E-state index contributed by atoms with van der Waals surface area (Å²) in [5, 5.41) is 3.00. The second kappa shape index (κ2) is 6.59. The Morgan fingerprint density at radius 2 is 1.84 bits per heavy atom. The molecule has 5 heteroatoms. The first-order valence-corrected chi connectivity index (χ1v) is 8.68. The van der Waals surface area contributed by atoms with E-state index in [2.05, 4.69) is 10.3 Å². The number of aryl methyl sites for hydroxylation is 1. The van der Waals surface area contributed by atoms with Gasteiger partial charge in [-0.2, -0.15) is 0 Å². The SMILES string of the molecule is Cc1ccccc1NC(=O)N1CCC(c2nc3ccccc3o2)CC1. The van der Waals surface area contributed by atoms with E-state index < -0.39 is 0 Å². The third-order valence-electron chi connectivity index (χ3n) is 4.83. The van der Waals surface area contributed by atoms with Gasteiger partial charge < -0.3 is 14.6 Å². The number of fused-ring (bicyclic) bond motifs is 1. The summed E-state index contributed by atoms with van der Waals surface area (Å²) in [7, 11) is 0. The highest BCUT2D eigenvalue weighted by molar-refractivity contribution is 5.90. The van der Waals surface area contributed by atoms with Crippen LogP contribution in [0.3, 0.4) is 0 Å². The van der Waals surface area contributed by atoms with Crippen LogP contribution in [0.5, 0.6) is 0 Å². The van der Waals surface area contributed by atoms with Crippen molar-refractivity contribution in [2.75, 3.05) is 18.4 Å². The quantitative estimate of drug-likeness (QED) is 0.747. The molecule has 0 spiro atoms. The molecule has 128 valence electrons. The van der Waals surface area contributed by atoms with Crippen LogP contribution in [0.2, 0.25) is 0 Å². The number of carbonyl (C=O) groups excluding carboxylic acids is 1. The van der Waals surface area contributed by atoms with Crippen LogP contribution in [-0.2, 0) is 0 Å².